The minimum atomic E-state index is -0.289. The van der Waals surface area contributed by atoms with Crippen LogP contribution in [-0.2, 0) is 0 Å². The summed E-state index contributed by atoms with van der Waals surface area (Å²) in [4.78, 5) is 26.3. The van der Waals surface area contributed by atoms with Crippen molar-refractivity contribution in [1.82, 2.24) is 9.97 Å². The van der Waals surface area contributed by atoms with Gasteiger partial charge in [0.25, 0.3) is 5.91 Å². The first-order chi connectivity index (χ1) is 18.5. The molecule has 0 saturated carbocycles. The molecule has 1 amide bonds. The van der Waals surface area contributed by atoms with Gasteiger partial charge in [-0.3, -0.25) is 4.79 Å². The lowest BCUT2D eigenvalue weighted by Gasteiger charge is -2.19. The SMILES string of the molecule is C=C(Nc1nccc(N2CN(C)c3cc(NC(=O)c4cccc(OC)c4OC)ccc32)n1)c1ccccc1. The van der Waals surface area contributed by atoms with Crippen LogP contribution < -0.4 is 29.9 Å². The normalized spacial score (nSPS) is 12.1. The highest BCUT2D eigenvalue weighted by Crippen LogP contribution is 2.41. The van der Waals surface area contributed by atoms with E-state index in [1.807, 2.05) is 61.6 Å². The molecule has 0 radical (unpaired) electrons. The smallest absolute Gasteiger partial charge is 0.259 e. The summed E-state index contributed by atoms with van der Waals surface area (Å²) in [6.45, 7) is 4.70. The molecule has 0 spiro atoms. The second kappa shape index (κ2) is 10.5. The van der Waals surface area contributed by atoms with E-state index in [2.05, 4.69) is 32.0 Å². The number of methoxy groups -OCH3 is 2. The van der Waals surface area contributed by atoms with E-state index in [4.69, 9.17) is 14.5 Å². The Bertz CT molecular complexity index is 1490. The number of nitrogens with zero attached hydrogens (tertiary/aromatic N) is 4. The largest absolute Gasteiger partial charge is 0.493 e. The topological polar surface area (TPSA) is 91.9 Å². The van der Waals surface area contributed by atoms with Crippen molar-refractivity contribution in [2.24, 2.45) is 0 Å². The van der Waals surface area contributed by atoms with Gasteiger partial charge >= 0.3 is 0 Å². The van der Waals surface area contributed by atoms with Gasteiger partial charge in [0.05, 0.1) is 37.8 Å². The number of benzene rings is 3. The Labute approximate surface area is 221 Å². The minimum Gasteiger partial charge on any atom is -0.493 e. The molecule has 0 fully saturated rings. The molecule has 0 aliphatic carbocycles. The number of ether oxygens (including phenoxy) is 2. The van der Waals surface area contributed by atoms with E-state index in [1.165, 1.54) is 14.2 Å². The molecule has 2 N–H and O–H groups in total. The zero-order valence-corrected chi connectivity index (χ0v) is 21.4. The van der Waals surface area contributed by atoms with Crippen LogP contribution in [0.3, 0.4) is 0 Å². The van der Waals surface area contributed by atoms with Crippen molar-refractivity contribution in [3.63, 3.8) is 0 Å². The lowest BCUT2D eigenvalue weighted by atomic mass is 10.1. The molecule has 0 saturated heterocycles. The van der Waals surface area contributed by atoms with Gasteiger partial charge in [0.2, 0.25) is 5.95 Å². The van der Waals surface area contributed by atoms with Gasteiger partial charge in [0.1, 0.15) is 5.82 Å². The summed E-state index contributed by atoms with van der Waals surface area (Å²) in [5.41, 5.74) is 4.67. The average molecular weight is 509 g/mol. The molecular weight excluding hydrogens is 480 g/mol. The van der Waals surface area contributed by atoms with Gasteiger partial charge in [0, 0.05) is 24.6 Å². The number of rotatable bonds is 8. The fraction of sp³-hybridized carbons (Fsp3) is 0.138. The molecule has 0 atom stereocenters. The van der Waals surface area contributed by atoms with Crippen LogP contribution in [-0.4, -0.2) is 43.8 Å². The molecule has 192 valence electrons. The quantitative estimate of drug-likeness (QED) is 0.328. The third-order valence-electron chi connectivity index (χ3n) is 6.24. The molecule has 0 unspecified atom stereocenters. The van der Waals surface area contributed by atoms with E-state index < -0.39 is 0 Å². The minimum absolute atomic E-state index is 0.289. The number of carbonyl (C=O) groups is 1. The Morgan fingerprint density at radius 3 is 2.53 bits per heavy atom. The molecule has 1 aliphatic rings. The highest BCUT2D eigenvalue weighted by Gasteiger charge is 2.26. The third-order valence-corrected chi connectivity index (χ3v) is 6.24. The maximum Gasteiger partial charge on any atom is 0.259 e. The molecule has 9 nitrogen and oxygen atoms in total. The highest BCUT2D eigenvalue weighted by molar-refractivity contribution is 6.07. The van der Waals surface area contributed by atoms with Crippen LogP contribution >= 0.6 is 0 Å². The van der Waals surface area contributed by atoms with E-state index in [9.17, 15) is 4.79 Å². The van der Waals surface area contributed by atoms with Crippen molar-refractivity contribution in [3.8, 4) is 11.5 Å². The van der Waals surface area contributed by atoms with Crippen molar-refractivity contribution >= 4 is 40.4 Å². The number of aromatic nitrogens is 2. The van der Waals surface area contributed by atoms with E-state index in [0.29, 0.717) is 35.4 Å². The summed E-state index contributed by atoms with van der Waals surface area (Å²) < 4.78 is 10.7. The van der Waals surface area contributed by atoms with Crippen LogP contribution in [0, 0.1) is 0 Å². The predicted octanol–water partition coefficient (Wildman–Crippen LogP) is 5.37. The first kappa shape index (κ1) is 24.6. The number of nitrogens with one attached hydrogen (secondary N) is 2. The second-order valence-corrected chi connectivity index (χ2v) is 8.67. The van der Waals surface area contributed by atoms with Crippen LogP contribution in [0.5, 0.6) is 11.5 Å². The Balaban J connectivity index is 1.36. The summed E-state index contributed by atoms with van der Waals surface area (Å²) >= 11 is 0. The summed E-state index contributed by atoms with van der Waals surface area (Å²) in [6.07, 6.45) is 1.72. The number of hydrogen-bond acceptors (Lipinski definition) is 8. The van der Waals surface area contributed by atoms with Crippen LogP contribution in [0.1, 0.15) is 15.9 Å². The first-order valence-electron chi connectivity index (χ1n) is 12.0. The van der Waals surface area contributed by atoms with E-state index >= 15 is 0 Å². The number of hydrogen-bond donors (Lipinski definition) is 2. The first-order valence-corrected chi connectivity index (χ1v) is 12.0. The fourth-order valence-corrected chi connectivity index (χ4v) is 4.37. The van der Waals surface area contributed by atoms with Crippen molar-refractivity contribution in [2.75, 3.05) is 48.4 Å². The number of para-hydroxylation sites is 1. The zero-order valence-electron chi connectivity index (χ0n) is 21.4. The number of amides is 1. The van der Waals surface area contributed by atoms with Crippen molar-refractivity contribution < 1.29 is 14.3 Å². The molecule has 5 rings (SSSR count). The molecule has 2 heterocycles. The molecular formula is C29H28N6O3. The van der Waals surface area contributed by atoms with Gasteiger partial charge < -0.3 is 29.9 Å². The van der Waals surface area contributed by atoms with Gasteiger partial charge in [-0.1, -0.05) is 43.0 Å². The molecule has 38 heavy (non-hydrogen) atoms. The van der Waals surface area contributed by atoms with Crippen LogP contribution in [0.4, 0.5) is 28.8 Å². The molecule has 0 bridgehead atoms. The number of anilines is 5. The number of carbonyl (C=O) groups excluding carboxylic acids is 1. The monoisotopic (exact) mass is 508 g/mol. The van der Waals surface area contributed by atoms with E-state index in [1.54, 1.807) is 24.4 Å². The Hall–Kier alpha value is -5.05. The summed E-state index contributed by atoms with van der Waals surface area (Å²) in [7, 11) is 5.05. The molecule has 3 aromatic carbocycles. The zero-order chi connectivity index (χ0) is 26.6. The van der Waals surface area contributed by atoms with Gasteiger partial charge in [-0.2, -0.15) is 4.98 Å². The standard InChI is InChI=1S/C29H28N6O3/c1-19(20-9-6-5-7-10-20)31-29-30-16-15-26(33-29)35-18-34(2)24-17-21(13-14-23(24)35)32-28(36)22-11-8-12-25(37-3)27(22)38-4/h5-17H,1,18H2,2-4H3,(H,32,36)(H,30,31,33). The van der Waals surface area contributed by atoms with Crippen molar-refractivity contribution in [3.05, 3.63) is 96.7 Å². The van der Waals surface area contributed by atoms with E-state index in [0.717, 1.165) is 28.5 Å². The predicted molar refractivity (Wildman–Crippen MR) is 150 cm³/mol. The van der Waals surface area contributed by atoms with E-state index in [-0.39, 0.29) is 5.91 Å². The fourth-order valence-electron chi connectivity index (χ4n) is 4.37. The average Bonchev–Trinajstić information content (AvgIpc) is 3.28. The Morgan fingerprint density at radius 2 is 1.76 bits per heavy atom. The summed E-state index contributed by atoms with van der Waals surface area (Å²) in [5, 5.41) is 6.17. The maximum atomic E-state index is 13.1. The highest BCUT2D eigenvalue weighted by atomic mass is 16.5. The third kappa shape index (κ3) is 4.81. The maximum absolute atomic E-state index is 13.1. The second-order valence-electron chi connectivity index (χ2n) is 8.67. The van der Waals surface area contributed by atoms with Crippen molar-refractivity contribution in [2.45, 2.75) is 0 Å². The van der Waals surface area contributed by atoms with Gasteiger partial charge in [-0.05, 0) is 42.0 Å². The van der Waals surface area contributed by atoms with Crippen LogP contribution in [0.2, 0.25) is 0 Å². The van der Waals surface area contributed by atoms with Crippen LogP contribution in [0.15, 0.2) is 85.6 Å². The molecule has 9 heteroatoms. The molecule has 1 aliphatic heterocycles. The van der Waals surface area contributed by atoms with Gasteiger partial charge in [-0.15, -0.1) is 0 Å². The van der Waals surface area contributed by atoms with Gasteiger partial charge in [0.15, 0.2) is 11.5 Å². The lowest BCUT2D eigenvalue weighted by Crippen LogP contribution is -2.24. The molecule has 1 aromatic heterocycles. The Kier molecular flexibility index (Phi) is 6.82. The summed E-state index contributed by atoms with van der Waals surface area (Å²) in [6, 6.07) is 22.7. The summed E-state index contributed by atoms with van der Waals surface area (Å²) in [5.74, 6) is 1.80. The van der Waals surface area contributed by atoms with Crippen LogP contribution in [0.25, 0.3) is 5.70 Å². The molecule has 4 aromatic rings. The Morgan fingerprint density at radius 1 is 0.947 bits per heavy atom. The number of fused-ring (bicyclic) bond motifs is 1. The lowest BCUT2D eigenvalue weighted by molar-refractivity contribution is 0.102. The van der Waals surface area contributed by atoms with Gasteiger partial charge in [-0.25, -0.2) is 4.98 Å². The van der Waals surface area contributed by atoms with Crippen molar-refractivity contribution in [1.29, 1.82) is 0 Å².